The first-order chi connectivity index (χ1) is 7.92. The van der Waals surface area contributed by atoms with Gasteiger partial charge in [-0.15, -0.1) is 13.2 Å². The maximum absolute atomic E-state index is 11.9. The van der Waals surface area contributed by atoms with Gasteiger partial charge in [-0.25, -0.2) is 0 Å². The number of carbonyl (C=O) groups is 2. The molecule has 0 spiro atoms. The molecule has 0 saturated heterocycles. The molecule has 2 atom stereocenters. The average Bonchev–Trinajstić information content (AvgIpc) is 2.28. The first kappa shape index (κ1) is 15.5. The van der Waals surface area contributed by atoms with Gasteiger partial charge in [0.2, 0.25) is 11.4 Å². The smallest absolute Gasteiger partial charge is 0.257 e. The molecular weight excluding hydrogens is 222 g/mol. The highest BCUT2D eigenvalue weighted by molar-refractivity contribution is 6.10. The fraction of sp³-hybridized carbons (Fsp3) is 0.500. The Kier molecular flexibility index (Phi) is 6.38. The van der Waals surface area contributed by atoms with Crippen molar-refractivity contribution in [3.05, 3.63) is 25.3 Å². The SMILES string of the molecule is C=CCCC(OCC=C)(C(N)=O)C(=O)C(C)O. The van der Waals surface area contributed by atoms with E-state index in [1.54, 1.807) is 6.08 Å². The van der Waals surface area contributed by atoms with Crippen molar-refractivity contribution in [3.8, 4) is 0 Å². The Labute approximate surface area is 101 Å². The van der Waals surface area contributed by atoms with Gasteiger partial charge in [-0.3, -0.25) is 9.59 Å². The number of primary amides is 1. The molecule has 0 fully saturated rings. The van der Waals surface area contributed by atoms with Gasteiger partial charge in [-0.2, -0.15) is 0 Å². The summed E-state index contributed by atoms with van der Waals surface area (Å²) in [4.78, 5) is 23.3. The number of aliphatic hydroxyl groups is 1. The summed E-state index contributed by atoms with van der Waals surface area (Å²) in [5.41, 5.74) is 3.42. The molecule has 0 aromatic rings. The third-order valence-electron chi connectivity index (χ3n) is 2.32. The Balaban J connectivity index is 5.21. The lowest BCUT2D eigenvalue weighted by molar-refractivity contribution is -0.162. The minimum Gasteiger partial charge on any atom is -0.385 e. The van der Waals surface area contributed by atoms with Crippen molar-refractivity contribution in [2.75, 3.05) is 6.61 Å². The van der Waals surface area contributed by atoms with Crippen LogP contribution >= 0.6 is 0 Å². The third kappa shape index (κ3) is 3.80. The van der Waals surface area contributed by atoms with Crippen LogP contribution in [-0.2, 0) is 14.3 Å². The highest BCUT2D eigenvalue weighted by Gasteiger charge is 2.46. The third-order valence-corrected chi connectivity index (χ3v) is 2.32. The van der Waals surface area contributed by atoms with Crippen LogP contribution in [0.1, 0.15) is 19.8 Å². The van der Waals surface area contributed by atoms with Crippen LogP contribution in [0.4, 0.5) is 0 Å². The number of hydrogen-bond acceptors (Lipinski definition) is 4. The van der Waals surface area contributed by atoms with E-state index in [0.717, 1.165) is 0 Å². The number of ether oxygens (including phenoxy) is 1. The molecule has 17 heavy (non-hydrogen) atoms. The van der Waals surface area contributed by atoms with Crippen LogP contribution in [0.5, 0.6) is 0 Å². The summed E-state index contributed by atoms with van der Waals surface area (Å²) >= 11 is 0. The molecule has 3 N–H and O–H groups in total. The zero-order chi connectivity index (χ0) is 13.5. The Morgan fingerprint density at radius 3 is 2.41 bits per heavy atom. The number of Topliss-reactive ketones (excluding diaryl/α,β-unsaturated/α-hetero) is 1. The van der Waals surface area contributed by atoms with E-state index in [1.807, 2.05) is 0 Å². The van der Waals surface area contributed by atoms with Crippen LogP contribution in [0.15, 0.2) is 25.3 Å². The lowest BCUT2D eigenvalue weighted by atomic mass is 9.88. The van der Waals surface area contributed by atoms with Crippen molar-refractivity contribution >= 4 is 11.7 Å². The van der Waals surface area contributed by atoms with E-state index >= 15 is 0 Å². The van der Waals surface area contributed by atoms with Crippen molar-refractivity contribution in [3.63, 3.8) is 0 Å². The predicted molar refractivity (Wildman–Crippen MR) is 64.2 cm³/mol. The molecule has 0 radical (unpaired) electrons. The topological polar surface area (TPSA) is 89.6 Å². The zero-order valence-electron chi connectivity index (χ0n) is 10.0. The second-order valence-corrected chi connectivity index (χ2v) is 3.66. The molecule has 0 aliphatic rings. The molecule has 5 nitrogen and oxygen atoms in total. The van der Waals surface area contributed by atoms with Gasteiger partial charge in [0.05, 0.1) is 6.61 Å². The Hall–Kier alpha value is -1.46. The average molecular weight is 241 g/mol. The standard InChI is InChI=1S/C12H19NO4/c1-4-6-7-12(11(13)16,17-8-5-2)10(15)9(3)14/h4-5,9,14H,1-2,6-8H2,3H3,(H2,13,16). The van der Waals surface area contributed by atoms with Crippen molar-refractivity contribution in [2.45, 2.75) is 31.5 Å². The van der Waals surface area contributed by atoms with Crippen molar-refractivity contribution in [2.24, 2.45) is 5.73 Å². The first-order valence-corrected chi connectivity index (χ1v) is 5.30. The van der Waals surface area contributed by atoms with Crippen molar-refractivity contribution < 1.29 is 19.4 Å². The largest absolute Gasteiger partial charge is 0.385 e. The molecule has 0 bridgehead atoms. The van der Waals surface area contributed by atoms with Gasteiger partial charge >= 0.3 is 0 Å². The van der Waals surface area contributed by atoms with Crippen LogP contribution in [0.25, 0.3) is 0 Å². The molecular formula is C12H19NO4. The highest BCUT2D eigenvalue weighted by Crippen LogP contribution is 2.22. The van der Waals surface area contributed by atoms with Gasteiger partial charge in [0, 0.05) is 0 Å². The normalized spacial score (nSPS) is 15.6. The van der Waals surface area contributed by atoms with E-state index in [4.69, 9.17) is 10.5 Å². The quantitative estimate of drug-likeness (QED) is 0.449. The fourth-order valence-corrected chi connectivity index (χ4v) is 1.43. The van der Waals surface area contributed by atoms with E-state index in [2.05, 4.69) is 13.2 Å². The first-order valence-electron chi connectivity index (χ1n) is 5.30. The lowest BCUT2D eigenvalue weighted by Gasteiger charge is -2.29. The van der Waals surface area contributed by atoms with Gasteiger partial charge in [-0.1, -0.05) is 12.2 Å². The summed E-state index contributed by atoms with van der Waals surface area (Å²) in [7, 11) is 0. The van der Waals surface area contributed by atoms with E-state index in [0.29, 0.717) is 6.42 Å². The maximum Gasteiger partial charge on any atom is 0.257 e. The fourth-order valence-electron chi connectivity index (χ4n) is 1.43. The summed E-state index contributed by atoms with van der Waals surface area (Å²) in [5.74, 6) is -1.65. The molecule has 0 aromatic carbocycles. The molecule has 0 aliphatic carbocycles. The summed E-state index contributed by atoms with van der Waals surface area (Å²) < 4.78 is 5.22. The minimum atomic E-state index is -1.81. The lowest BCUT2D eigenvalue weighted by Crippen LogP contribution is -2.56. The molecule has 1 amide bonds. The summed E-state index contributed by atoms with van der Waals surface area (Å²) in [6.07, 6.45) is 2.06. The molecule has 0 aromatic heterocycles. The predicted octanol–water partition coefficient (Wildman–Crippen LogP) is 0.329. The molecule has 5 heteroatoms. The number of allylic oxidation sites excluding steroid dienone is 1. The van der Waals surface area contributed by atoms with E-state index < -0.39 is 23.4 Å². The summed E-state index contributed by atoms with van der Waals surface area (Å²) in [6, 6.07) is 0. The number of ketones is 1. The van der Waals surface area contributed by atoms with Crippen molar-refractivity contribution in [1.82, 2.24) is 0 Å². The van der Waals surface area contributed by atoms with Gasteiger partial charge in [0.15, 0.2) is 0 Å². The molecule has 0 saturated carbocycles. The van der Waals surface area contributed by atoms with Crippen LogP contribution in [0.3, 0.4) is 0 Å². The van der Waals surface area contributed by atoms with Crippen LogP contribution in [0.2, 0.25) is 0 Å². The Morgan fingerprint density at radius 1 is 1.47 bits per heavy atom. The molecule has 0 rings (SSSR count). The van der Waals surface area contributed by atoms with E-state index in [1.165, 1.54) is 13.0 Å². The molecule has 0 heterocycles. The molecule has 2 unspecified atom stereocenters. The maximum atomic E-state index is 11.9. The number of amides is 1. The van der Waals surface area contributed by atoms with Crippen LogP contribution in [0, 0.1) is 0 Å². The second kappa shape index (κ2) is 6.98. The summed E-state index contributed by atoms with van der Waals surface area (Å²) in [6.45, 7) is 8.21. The van der Waals surface area contributed by atoms with Gasteiger partial charge < -0.3 is 15.6 Å². The number of hydrogen-bond donors (Lipinski definition) is 2. The van der Waals surface area contributed by atoms with Gasteiger partial charge in [0.1, 0.15) is 6.10 Å². The van der Waals surface area contributed by atoms with Crippen LogP contribution < -0.4 is 5.73 Å². The van der Waals surface area contributed by atoms with Gasteiger partial charge in [0.25, 0.3) is 5.91 Å². The number of rotatable bonds is 9. The monoisotopic (exact) mass is 241 g/mol. The second-order valence-electron chi connectivity index (χ2n) is 3.66. The number of aliphatic hydroxyl groups excluding tert-OH is 1. The highest BCUT2D eigenvalue weighted by atomic mass is 16.5. The Bertz CT molecular complexity index is 298. The number of nitrogens with two attached hydrogens (primary N) is 1. The van der Waals surface area contributed by atoms with E-state index in [-0.39, 0.29) is 13.0 Å². The molecule has 0 aliphatic heterocycles. The van der Waals surface area contributed by atoms with Crippen molar-refractivity contribution in [1.29, 1.82) is 0 Å². The van der Waals surface area contributed by atoms with Crippen LogP contribution in [-0.4, -0.2) is 35.1 Å². The Morgan fingerprint density at radius 2 is 2.06 bits per heavy atom. The molecule has 96 valence electrons. The van der Waals surface area contributed by atoms with Gasteiger partial charge in [-0.05, 0) is 19.8 Å². The minimum absolute atomic E-state index is 0.00145. The number of carbonyl (C=O) groups excluding carboxylic acids is 2. The van der Waals surface area contributed by atoms with E-state index in [9.17, 15) is 14.7 Å². The zero-order valence-corrected chi connectivity index (χ0v) is 10.0. The summed E-state index contributed by atoms with van der Waals surface area (Å²) in [5, 5.41) is 9.32.